The van der Waals surface area contributed by atoms with Crippen LogP contribution in [0, 0.1) is 18.3 Å². The van der Waals surface area contributed by atoms with Crippen LogP contribution in [0.3, 0.4) is 0 Å². The molecular formula is C48H52F3N7O9S2. The normalized spacial score (nSPS) is 17.9. The molecule has 3 N–H and O–H groups in total. The molecule has 4 heterocycles. The molecule has 16 nitrogen and oxygen atoms in total. The number of carbonyl (C=O) groups is 4. The second kappa shape index (κ2) is 23.1. The number of likely N-dealkylation sites (tertiary alicyclic amines) is 1. The number of ether oxygens (including phenoxy) is 4. The van der Waals surface area contributed by atoms with Crippen LogP contribution in [0.4, 0.5) is 24.5 Å². The molecule has 21 heteroatoms. The Bertz CT molecular complexity index is 2510. The Hall–Kier alpha value is -6.02. The number of nitrogens with one attached hydrogen (secondary N) is 2. The highest BCUT2D eigenvalue weighted by molar-refractivity contribution is 7.81. The number of amides is 4. The van der Waals surface area contributed by atoms with Gasteiger partial charge in [0.2, 0.25) is 17.7 Å². The number of aliphatic hydroxyl groups excluding tert-OH is 1. The van der Waals surface area contributed by atoms with Gasteiger partial charge in [-0.2, -0.15) is 18.4 Å². The maximum Gasteiger partial charge on any atom is 0.417 e. The number of anilines is 2. The summed E-state index contributed by atoms with van der Waals surface area (Å²) in [5, 5.41) is 24.9. The average Bonchev–Trinajstić information content (AvgIpc) is 4.02. The molecule has 0 radical (unpaired) electrons. The minimum Gasteiger partial charge on any atom is -0.494 e. The highest BCUT2D eigenvalue weighted by atomic mass is 32.1. The Morgan fingerprint density at radius 1 is 0.971 bits per heavy atom. The number of alkyl halides is 3. The largest absolute Gasteiger partial charge is 0.494 e. The first-order chi connectivity index (χ1) is 33.2. The Morgan fingerprint density at radius 2 is 1.67 bits per heavy atom. The number of aryl methyl sites for hydroxylation is 1. The van der Waals surface area contributed by atoms with Crippen LogP contribution >= 0.6 is 23.6 Å². The number of halogens is 3. The second-order valence-electron chi connectivity index (χ2n) is 16.7. The third-order valence-corrected chi connectivity index (χ3v) is 13.4. The standard InChI is InChI=1S/C48H52F3N7O9S2/c1-31-43(69-30-55-31)33-7-5-32(6-8-33)26-54-44(62)40-24-37(59)28-56(40)42(61)27-53-41(60)29-66-19-4-18-64-17-2-3-20-67-38-13-11-35(12-14-38)58-46(68)57(45(63)47(58)15-21-65-22-16-47)36-10-9-34(25-52)39(23-36)48(49,50)51/h5-14,23,30,37,40,59H,2-4,15-22,24,26-29H2,1H3,(H,53,60)(H,54,62)/t37-,40+/m1/s1. The Labute approximate surface area is 406 Å². The van der Waals surface area contributed by atoms with E-state index in [1.54, 1.807) is 52.1 Å². The van der Waals surface area contributed by atoms with Gasteiger partial charge < -0.3 is 44.5 Å². The fraction of sp³-hybridized carbons (Fsp3) is 0.438. The summed E-state index contributed by atoms with van der Waals surface area (Å²) in [4.78, 5) is 62.0. The van der Waals surface area contributed by atoms with Crippen molar-refractivity contribution in [2.24, 2.45) is 0 Å². The summed E-state index contributed by atoms with van der Waals surface area (Å²) in [6.45, 7) is 3.63. The van der Waals surface area contributed by atoms with Gasteiger partial charge in [-0.05, 0) is 92.0 Å². The van der Waals surface area contributed by atoms with E-state index in [1.807, 2.05) is 31.2 Å². The quantitative estimate of drug-likeness (QED) is 0.0725. The van der Waals surface area contributed by atoms with E-state index in [-0.39, 0.29) is 82.0 Å². The topological polar surface area (TPSA) is 196 Å². The maximum absolute atomic E-state index is 14.1. The lowest BCUT2D eigenvalue weighted by atomic mass is 9.88. The van der Waals surface area contributed by atoms with Crippen molar-refractivity contribution in [1.82, 2.24) is 20.5 Å². The lowest BCUT2D eigenvalue weighted by Gasteiger charge is -2.38. The number of aromatic nitrogens is 1. The minimum atomic E-state index is -4.81. The molecule has 1 aromatic heterocycles. The van der Waals surface area contributed by atoms with E-state index < -0.39 is 52.7 Å². The summed E-state index contributed by atoms with van der Waals surface area (Å²) in [6.07, 6.45) is -3.10. The second-order valence-corrected chi connectivity index (χ2v) is 17.9. The number of hydrogen-bond acceptors (Lipinski definition) is 13. The zero-order chi connectivity index (χ0) is 49.1. The van der Waals surface area contributed by atoms with Gasteiger partial charge in [0.1, 0.15) is 23.9 Å². The number of benzene rings is 3. The monoisotopic (exact) mass is 991 g/mol. The number of nitrogens with zero attached hydrogens (tertiary/aromatic N) is 5. The molecule has 3 aliphatic rings. The molecule has 4 aromatic rings. The fourth-order valence-corrected chi connectivity index (χ4v) is 9.73. The van der Waals surface area contributed by atoms with Crippen LogP contribution < -0.4 is 25.2 Å². The number of hydrogen-bond donors (Lipinski definition) is 3. The van der Waals surface area contributed by atoms with Gasteiger partial charge in [0.25, 0.3) is 5.91 Å². The molecule has 2 atom stereocenters. The molecule has 0 bridgehead atoms. The van der Waals surface area contributed by atoms with E-state index in [0.29, 0.717) is 50.5 Å². The molecule has 0 unspecified atom stereocenters. The lowest BCUT2D eigenvalue weighted by Crippen LogP contribution is -2.53. The molecule has 4 amide bonds. The van der Waals surface area contributed by atoms with Crippen molar-refractivity contribution < 1.29 is 56.4 Å². The van der Waals surface area contributed by atoms with Gasteiger partial charge in [0, 0.05) is 71.1 Å². The summed E-state index contributed by atoms with van der Waals surface area (Å²) in [7, 11) is 0. The summed E-state index contributed by atoms with van der Waals surface area (Å²) in [5.41, 5.74) is 2.28. The summed E-state index contributed by atoms with van der Waals surface area (Å²) in [6, 6.07) is 18.6. The predicted octanol–water partition coefficient (Wildman–Crippen LogP) is 5.67. The number of β-amino-alcohol motifs (C(OH)–C–C–N with tert-alkyl or cyclic N) is 1. The molecule has 0 aliphatic carbocycles. The van der Waals surface area contributed by atoms with E-state index in [9.17, 15) is 42.7 Å². The molecule has 3 saturated heterocycles. The van der Waals surface area contributed by atoms with Crippen LogP contribution in [0.1, 0.15) is 60.9 Å². The van der Waals surface area contributed by atoms with Crippen LogP contribution in [-0.4, -0.2) is 121 Å². The lowest BCUT2D eigenvalue weighted by molar-refractivity contribution is -0.139. The SMILES string of the molecule is Cc1ncsc1-c1ccc(CNC(=O)[C@@H]2C[C@@H](O)CN2C(=O)CNC(=O)COCCCOCCCCOc2ccc(N3C(=S)N(c4ccc(C#N)c(C(F)(F)F)c4)C(=O)C34CCOCC4)cc2)cc1. The van der Waals surface area contributed by atoms with Crippen molar-refractivity contribution in [3.8, 4) is 22.3 Å². The van der Waals surface area contributed by atoms with Crippen molar-refractivity contribution in [3.63, 3.8) is 0 Å². The Kier molecular flexibility index (Phi) is 17.0. The molecule has 3 aromatic carbocycles. The van der Waals surface area contributed by atoms with Crippen molar-refractivity contribution in [2.45, 2.75) is 75.9 Å². The van der Waals surface area contributed by atoms with Gasteiger partial charge in [-0.1, -0.05) is 24.3 Å². The minimum absolute atomic E-state index is 0.0148. The van der Waals surface area contributed by atoms with Gasteiger partial charge in [-0.15, -0.1) is 11.3 Å². The molecule has 1 spiro atoms. The average molecular weight is 992 g/mol. The third kappa shape index (κ3) is 12.2. The Balaban J connectivity index is 0.759. The fourth-order valence-electron chi connectivity index (χ4n) is 8.45. The number of nitriles is 1. The number of aliphatic hydroxyl groups is 1. The summed E-state index contributed by atoms with van der Waals surface area (Å²) in [5.74, 6) is -1.26. The zero-order valence-electron chi connectivity index (χ0n) is 37.8. The third-order valence-electron chi connectivity index (χ3n) is 12.0. The molecular weight excluding hydrogens is 940 g/mol. The summed E-state index contributed by atoms with van der Waals surface area (Å²) >= 11 is 7.33. The molecule has 3 fully saturated rings. The van der Waals surface area contributed by atoms with Gasteiger partial charge in [0.15, 0.2) is 5.11 Å². The first kappa shape index (κ1) is 50.8. The van der Waals surface area contributed by atoms with Crippen LogP contribution in [0.2, 0.25) is 0 Å². The van der Waals surface area contributed by atoms with Crippen LogP contribution in [0.25, 0.3) is 10.4 Å². The molecule has 7 rings (SSSR count). The molecule has 366 valence electrons. The van der Waals surface area contributed by atoms with Crippen LogP contribution in [-0.2, 0) is 46.1 Å². The van der Waals surface area contributed by atoms with E-state index in [0.717, 1.165) is 38.7 Å². The molecule has 0 saturated carbocycles. The predicted molar refractivity (Wildman–Crippen MR) is 252 cm³/mol. The zero-order valence-corrected chi connectivity index (χ0v) is 39.4. The van der Waals surface area contributed by atoms with Gasteiger partial charge in [0.05, 0.1) is 58.2 Å². The van der Waals surface area contributed by atoms with E-state index >= 15 is 0 Å². The number of rotatable bonds is 20. The first-order valence-electron chi connectivity index (χ1n) is 22.5. The van der Waals surface area contributed by atoms with Gasteiger partial charge in [-0.3, -0.25) is 24.1 Å². The smallest absolute Gasteiger partial charge is 0.417 e. The van der Waals surface area contributed by atoms with Crippen molar-refractivity contribution >= 4 is 63.7 Å². The Morgan fingerprint density at radius 3 is 2.36 bits per heavy atom. The van der Waals surface area contributed by atoms with Gasteiger partial charge >= 0.3 is 6.18 Å². The maximum atomic E-state index is 14.1. The highest BCUT2D eigenvalue weighted by Gasteiger charge is 2.57. The number of thiazole rings is 1. The van der Waals surface area contributed by atoms with Crippen molar-refractivity contribution in [3.05, 3.63) is 94.6 Å². The number of unbranched alkanes of at least 4 members (excludes halogenated alkanes) is 1. The first-order valence-corrected chi connectivity index (χ1v) is 23.8. The van der Waals surface area contributed by atoms with E-state index in [1.165, 1.54) is 11.0 Å². The van der Waals surface area contributed by atoms with Gasteiger partial charge in [-0.25, -0.2) is 4.98 Å². The molecule has 69 heavy (non-hydrogen) atoms. The van der Waals surface area contributed by atoms with Crippen molar-refractivity contribution in [1.29, 1.82) is 5.26 Å². The van der Waals surface area contributed by atoms with E-state index in [4.69, 9.17) is 31.2 Å². The van der Waals surface area contributed by atoms with Crippen molar-refractivity contribution in [2.75, 3.05) is 69.1 Å². The number of thiocarbonyl (C=S) groups is 1. The molecule has 3 aliphatic heterocycles. The van der Waals surface area contributed by atoms with Crippen LogP contribution in [0.5, 0.6) is 5.75 Å². The van der Waals surface area contributed by atoms with E-state index in [2.05, 4.69) is 15.6 Å². The van der Waals surface area contributed by atoms with Crippen LogP contribution in [0.15, 0.2) is 72.2 Å². The summed E-state index contributed by atoms with van der Waals surface area (Å²) < 4.78 is 64.1. The highest BCUT2D eigenvalue weighted by Crippen LogP contribution is 2.44. The number of carbonyl (C=O) groups excluding carboxylic acids is 4.